The first-order valence-electron chi connectivity index (χ1n) is 10.4. The van der Waals surface area contributed by atoms with E-state index in [0.717, 1.165) is 49.8 Å². The van der Waals surface area contributed by atoms with Gasteiger partial charge in [0.2, 0.25) is 0 Å². The molecule has 1 aliphatic heterocycles. The molecule has 29 heavy (non-hydrogen) atoms. The molecule has 1 aromatic carbocycles. The summed E-state index contributed by atoms with van der Waals surface area (Å²) >= 11 is 0. The van der Waals surface area contributed by atoms with E-state index in [1.807, 2.05) is 23.2 Å². The summed E-state index contributed by atoms with van der Waals surface area (Å²) in [5, 5.41) is 9.58. The van der Waals surface area contributed by atoms with Crippen LogP contribution in [0.15, 0.2) is 65.8 Å². The number of hydrazone groups is 1. The summed E-state index contributed by atoms with van der Waals surface area (Å²) in [6, 6.07) is 6.56. The maximum absolute atomic E-state index is 14.4. The lowest BCUT2D eigenvalue weighted by atomic mass is 10.0. The van der Waals surface area contributed by atoms with Gasteiger partial charge >= 0.3 is 0 Å². The Morgan fingerprint density at radius 2 is 1.90 bits per heavy atom. The molecule has 0 radical (unpaired) electrons. The predicted octanol–water partition coefficient (Wildman–Crippen LogP) is 5.07. The van der Waals surface area contributed by atoms with Gasteiger partial charge in [0.25, 0.3) is 5.91 Å². The number of nitrogens with one attached hydrogen (secondary N) is 1. The van der Waals surface area contributed by atoms with Crippen LogP contribution in [0, 0.1) is 5.82 Å². The molecule has 1 amide bonds. The third-order valence-electron chi connectivity index (χ3n) is 5.69. The Kier molecular flexibility index (Phi) is 7.02. The molecule has 0 bridgehead atoms. The number of rotatable bonds is 9. The summed E-state index contributed by atoms with van der Waals surface area (Å²) in [5.41, 5.74) is 3.33. The summed E-state index contributed by atoms with van der Waals surface area (Å²) in [6.07, 6.45) is 8.74. The Balaban J connectivity index is 1.70. The summed E-state index contributed by atoms with van der Waals surface area (Å²) in [7, 11) is 0. The van der Waals surface area contributed by atoms with Gasteiger partial charge in [-0.1, -0.05) is 63.3 Å². The molecule has 1 unspecified atom stereocenters. The van der Waals surface area contributed by atoms with E-state index in [0.29, 0.717) is 17.7 Å². The van der Waals surface area contributed by atoms with Crippen molar-refractivity contribution >= 4 is 11.6 Å². The summed E-state index contributed by atoms with van der Waals surface area (Å²) < 4.78 is 14.4. The van der Waals surface area contributed by atoms with Gasteiger partial charge in [-0.2, -0.15) is 5.10 Å². The van der Waals surface area contributed by atoms with E-state index in [-0.39, 0.29) is 23.8 Å². The lowest BCUT2D eigenvalue weighted by molar-refractivity contribution is -0.115. The average Bonchev–Trinajstić information content (AvgIpc) is 3.32. The van der Waals surface area contributed by atoms with Gasteiger partial charge in [0.05, 0.1) is 6.04 Å². The van der Waals surface area contributed by atoms with Crippen molar-refractivity contribution in [2.45, 2.75) is 57.5 Å². The lowest BCUT2D eigenvalue weighted by Gasteiger charge is -2.24. The highest BCUT2D eigenvalue weighted by Crippen LogP contribution is 2.33. The molecule has 3 rings (SSSR count). The molecule has 1 heterocycles. The first-order chi connectivity index (χ1) is 14.1. The highest BCUT2D eigenvalue weighted by atomic mass is 19.1. The molecule has 0 spiro atoms. The molecule has 0 aromatic heterocycles. The van der Waals surface area contributed by atoms with E-state index in [4.69, 9.17) is 0 Å². The number of hydrogen-bond donors (Lipinski definition) is 1. The molecule has 0 saturated heterocycles. The minimum Gasteiger partial charge on any atom is -0.348 e. The first-order valence-corrected chi connectivity index (χ1v) is 10.4. The molecule has 1 aliphatic carbocycles. The number of unbranched alkanes of at least 4 members (excludes halogenated alkanes) is 2. The molecular formula is C24H30FN3O. The van der Waals surface area contributed by atoms with E-state index in [2.05, 4.69) is 30.5 Å². The van der Waals surface area contributed by atoms with Gasteiger partial charge in [0.1, 0.15) is 11.5 Å². The normalized spacial score (nSPS) is 19.4. The van der Waals surface area contributed by atoms with Crippen LogP contribution in [0.1, 0.15) is 57.1 Å². The quantitative estimate of drug-likeness (QED) is 0.594. The number of amides is 1. The maximum atomic E-state index is 14.4. The molecule has 0 saturated carbocycles. The zero-order valence-electron chi connectivity index (χ0n) is 17.2. The number of halogens is 1. The fourth-order valence-corrected chi connectivity index (χ4v) is 4.10. The van der Waals surface area contributed by atoms with Gasteiger partial charge in [0, 0.05) is 24.6 Å². The second-order valence-corrected chi connectivity index (χ2v) is 7.70. The molecular weight excluding hydrogens is 365 g/mol. The van der Waals surface area contributed by atoms with Gasteiger partial charge in [0.15, 0.2) is 0 Å². The van der Waals surface area contributed by atoms with Crippen molar-refractivity contribution in [2.24, 2.45) is 5.10 Å². The number of benzene rings is 1. The number of nitrogens with zero attached hydrogens (tertiary/aromatic N) is 2. The third kappa shape index (κ3) is 4.84. The smallest absolute Gasteiger partial charge is 0.267 e. The zero-order chi connectivity index (χ0) is 20.8. The van der Waals surface area contributed by atoms with Crippen LogP contribution in [0.3, 0.4) is 0 Å². The fourth-order valence-electron chi connectivity index (χ4n) is 4.10. The van der Waals surface area contributed by atoms with Gasteiger partial charge in [-0.25, -0.2) is 4.39 Å². The monoisotopic (exact) mass is 395 g/mol. The minimum atomic E-state index is -0.249. The van der Waals surface area contributed by atoms with E-state index in [1.54, 1.807) is 12.1 Å². The molecule has 2 aliphatic rings. The Labute approximate surface area is 172 Å². The Bertz CT molecular complexity index is 822. The minimum absolute atomic E-state index is 0.0206. The topological polar surface area (TPSA) is 44.7 Å². The van der Waals surface area contributed by atoms with Crippen LogP contribution in [0.25, 0.3) is 0 Å². The van der Waals surface area contributed by atoms with E-state index in [1.165, 1.54) is 6.07 Å². The number of hydrogen-bond acceptors (Lipinski definition) is 3. The van der Waals surface area contributed by atoms with Crippen LogP contribution in [0.4, 0.5) is 4.39 Å². The molecule has 1 aromatic rings. The summed E-state index contributed by atoms with van der Waals surface area (Å²) in [5.74, 6) is -0.413. The molecule has 5 heteroatoms. The van der Waals surface area contributed by atoms with Crippen molar-refractivity contribution in [1.82, 2.24) is 10.3 Å². The van der Waals surface area contributed by atoms with Crippen molar-refractivity contribution in [1.29, 1.82) is 0 Å². The molecule has 154 valence electrons. The molecule has 1 atom stereocenters. The molecule has 1 N–H and O–H groups in total. The van der Waals surface area contributed by atoms with Gasteiger partial charge in [-0.15, -0.1) is 0 Å². The van der Waals surface area contributed by atoms with Crippen LogP contribution < -0.4 is 5.32 Å². The van der Waals surface area contributed by atoms with Crippen LogP contribution in [0.2, 0.25) is 0 Å². The summed E-state index contributed by atoms with van der Waals surface area (Å²) in [6.45, 7) is 10.6. The Morgan fingerprint density at radius 1 is 1.21 bits per heavy atom. The van der Waals surface area contributed by atoms with Crippen LogP contribution in [0.5, 0.6) is 0 Å². The van der Waals surface area contributed by atoms with E-state index in [9.17, 15) is 9.18 Å². The second-order valence-electron chi connectivity index (χ2n) is 7.70. The third-order valence-corrected chi connectivity index (χ3v) is 5.69. The van der Waals surface area contributed by atoms with Crippen molar-refractivity contribution in [3.8, 4) is 0 Å². The predicted molar refractivity (Wildman–Crippen MR) is 116 cm³/mol. The van der Waals surface area contributed by atoms with Crippen molar-refractivity contribution < 1.29 is 9.18 Å². The second kappa shape index (κ2) is 9.68. The standard InChI is InChI=1S/C24H30FN3O/c1-4-7-10-13-28-23(20-11-8-9-12-21(20)25)16-22(27-28)24(29)26-19-14-17(5-2)18(6-3)15-19/h5-6,8-9,11-12,19,23H,2-4,7,10,13-16H2,1H3,(H,26,29). The highest BCUT2D eigenvalue weighted by Gasteiger charge is 2.34. The highest BCUT2D eigenvalue weighted by molar-refractivity contribution is 6.39. The van der Waals surface area contributed by atoms with Crippen LogP contribution in [-0.4, -0.2) is 29.2 Å². The number of allylic oxidation sites excluding steroid dienone is 2. The van der Waals surface area contributed by atoms with Crippen molar-refractivity contribution in [3.63, 3.8) is 0 Å². The van der Waals surface area contributed by atoms with E-state index < -0.39 is 0 Å². The molecule has 4 nitrogen and oxygen atoms in total. The maximum Gasteiger partial charge on any atom is 0.267 e. The van der Waals surface area contributed by atoms with Crippen LogP contribution >= 0.6 is 0 Å². The first kappa shape index (κ1) is 21.0. The van der Waals surface area contributed by atoms with Crippen molar-refractivity contribution in [3.05, 3.63) is 72.1 Å². The fraction of sp³-hybridized carbons (Fsp3) is 0.417. The average molecular weight is 396 g/mol. The summed E-state index contributed by atoms with van der Waals surface area (Å²) in [4.78, 5) is 12.9. The largest absolute Gasteiger partial charge is 0.348 e. The lowest BCUT2D eigenvalue weighted by Crippen LogP contribution is -2.37. The number of carbonyl (C=O) groups excluding carboxylic acids is 1. The Morgan fingerprint density at radius 3 is 2.52 bits per heavy atom. The van der Waals surface area contributed by atoms with Gasteiger partial charge in [-0.05, 0) is 36.5 Å². The van der Waals surface area contributed by atoms with Gasteiger partial charge in [-0.3, -0.25) is 9.80 Å². The van der Waals surface area contributed by atoms with E-state index >= 15 is 0 Å². The van der Waals surface area contributed by atoms with Crippen molar-refractivity contribution in [2.75, 3.05) is 6.54 Å². The zero-order valence-corrected chi connectivity index (χ0v) is 17.2. The van der Waals surface area contributed by atoms with Gasteiger partial charge < -0.3 is 5.32 Å². The van der Waals surface area contributed by atoms with Crippen LogP contribution in [-0.2, 0) is 4.79 Å². The number of carbonyl (C=O) groups is 1. The molecule has 0 fully saturated rings. The SMILES string of the molecule is C=CC1=C(C=C)CC(NC(=O)C2=NN(CCCCC)C(c3ccccc3F)C2)C1. The Hall–Kier alpha value is -2.69.